The van der Waals surface area contributed by atoms with Crippen LogP contribution in [0.2, 0.25) is 0 Å². The molecule has 0 aliphatic rings. The van der Waals surface area contributed by atoms with E-state index < -0.39 is 0 Å². The van der Waals surface area contributed by atoms with Gasteiger partial charge in [-0.15, -0.1) is 0 Å². The molecule has 0 saturated heterocycles. The zero-order valence-electron chi connectivity index (χ0n) is 5.00. The molecule has 0 fully saturated rings. The lowest BCUT2D eigenvalue weighted by Crippen LogP contribution is -2.19. The van der Waals surface area contributed by atoms with Gasteiger partial charge in [-0.2, -0.15) is 4.73 Å². The molecule has 0 aliphatic heterocycles. The molecule has 4 heteroatoms. The highest BCUT2D eigenvalue weighted by Gasteiger charge is 1.89. The second-order valence-corrected chi connectivity index (χ2v) is 1.69. The van der Waals surface area contributed by atoms with Gasteiger partial charge < -0.3 is 5.21 Å². The normalized spacial score (nSPS) is 9.44. The van der Waals surface area contributed by atoms with E-state index in [-0.39, 0.29) is 5.49 Å². The molecular weight excluding hydrogens is 118 g/mol. The van der Waals surface area contributed by atoms with E-state index in [1.54, 1.807) is 6.92 Å². The fraction of sp³-hybridized carbons (Fsp3) is 0.200. The topological polar surface area (TPSA) is 61.9 Å². The monoisotopic (exact) mass is 125 g/mol. The predicted molar refractivity (Wildman–Crippen MR) is 30.0 cm³/mol. The van der Waals surface area contributed by atoms with Crippen LogP contribution in [-0.4, -0.2) is 14.9 Å². The molecule has 0 unspecified atom stereocenters. The van der Waals surface area contributed by atoms with Crippen molar-refractivity contribution in [3.05, 3.63) is 23.6 Å². The van der Waals surface area contributed by atoms with E-state index in [9.17, 15) is 0 Å². The lowest BCUT2D eigenvalue weighted by atomic mass is 10.6. The maximum absolute atomic E-state index is 8.87. The van der Waals surface area contributed by atoms with Gasteiger partial charge in [-0.1, -0.05) is 0 Å². The maximum atomic E-state index is 8.87. The summed E-state index contributed by atoms with van der Waals surface area (Å²) in [4.78, 5) is 3.73. The standard InChI is InChI=1S/C5H7N3O/c1-4-7-3-2-5(6)8(4)9/h2-3,6,9H,1H3. The van der Waals surface area contributed by atoms with Gasteiger partial charge in [0.25, 0.3) is 0 Å². The third-order valence-electron chi connectivity index (χ3n) is 1.03. The second-order valence-electron chi connectivity index (χ2n) is 1.69. The van der Waals surface area contributed by atoms with E-state index in [1.165, 1.54) is 12.3 Å². The Morgan fingerprint density at radius 1 is 1.78 bits per heavy atom. The first-order valence-electron chi connectivity index (χ1n) is 2.50. The van der Waals surface area contributed by atoms with E-state index in [0.29, 0.717) is 5.82 Å². The van der Waals surface area contributed by atoms with Crippen LogP contribution in [0.25, 0.3) is 0 Å². The summed E-state index contributed by atoms with van der Waals surface area (Å²) in [5.74, 6) is 0.419. The summed E-state index contributed by atoms with van der Waals surface area (Å²) >= 11 is 0. The van der Waals surface area contributed by atoms with Crippen molar-refractivity contribution in [3.8, 4) is 0 Å². The van der Waals surface area contributed by atoms with Crippen molar-refractivity contribution in [2.75, 3.05) is 0 Å². The molecule has 0 atom stereocenters. The molecule has 0 saturated carbocycles. The molecule has 0 aromatic carbocycles. The molecule has 48 valence electrons. The van der Waals surface area contributed by atoms with Crippen LogP contribution in [0.1, 0.15) is 5.82 Å². The third kappa shape index (κ3) is 0.910. The van der Waals surface area contributed by atoms with Crippen molar-refractivity contribution in [3.63, 3.8) is 0 Å². The first-order valence-corrected chi connectivity index (χ1v) is 2.50. The lowest BCUT2D eigenvalue weighted by molar-refractivity contribution is 0.159. The van der Waals surface area contributed by atoms with Crippen molar-refractivity contribution in [1.29, 1.82) is 5.41 Å². The molecule has 9 heavy (non-hydrogen) atoms. The highest BCUT2D eigenvalue weighted by molar-refractivity contribution is 4.85. The minimum absolute atomic E-state index is 0.0440. The average Bonchev–Trinajstić information content (AvgIpc) is 1.83. The molecule has 0 radical (unpaired) electrons. The fourth-order valence-corrected chi connectivity index (χ4v) is 0.515. The zero-order valence-corrected chi connectivity index (χ0v) is 5.00. The molecule has 1 rings (SSSR count). The van der Waals surface area contributed by atoms with Crippen LogP contribution >= 0.6 is 0 Å². The first kappa shape index (κ1) is 5.81. The van der Waals surface area contributed by atoms with Crippen LogP contribution in [0.3, 0.4) is 0 Å². The van der Waals surface area contributed by atoms with Crippen molar-refractivity contribution < 1.29 is 5.21 Å². The summed E-state index contributed by atoms with van der Waals surface area (Å²) in [6, 6.07) is 1.41. The van der Waals surface area contributed by atoms with Gasteiger partial charge in [0.1, 0.15) is 5.82 Å². The molecule has 1 aromatic rings. The molecule has 0 amide bonds. The van der Waals surface area contributed by atoms with Crippen molar-refractivity contribution in [1.82, 2.24) is 9.71 Å². The van der Waals surface area contributed by atoms with Gasteiger partial charge in [0, 0.05) is 12.3 Å². The summed E-state index contributed by atoms with van der Waals surface area (Å²) in [7, 11) is 0. The quantitative estimate of drug-likeness (QED) is 0.476. The minimum atomic E-state index is 0.0440. The van der Waals surface area contributed by atoms with Crippen LogP contribution in [0, 0.1) is 12.3 Å². The van der Waals surface area contributed by atoms with Gasteiger partial charge in [-0.05, 0) is 6.92 Å². The molecule has 1 aromatic heterocycles. The summed E-state index contributed by atoms with van der Waals surface area (Å²) in [5.41, 5.74) is 0.0440. The van der Waals surface area contributed by atoms with Gasteiger partial charge in [-0.25, -0.2) is 4.98 Å². The number of hydrogen-bond donors (Lipinski definition) is 2. The smallest absolute Gasteiger partial charge is 0.164 e. The summed E-state index contributed by atoms with van der Waals surface area (Å²) in [6.45, 7) is 1.62. The number of hydrogen-bond acceptors (Lipinski definition) is 3. The SMILES string of the molecule is Cc1nccc(=N)n1O. The Bertz CT molecular complexity index is 265. The number of aryl methyl sites for hydroxylation is 1. The number of aromatic nitrogens is 2. The van der Waals surface area contributed by atoms with Crippen LogP contribution in [0.4, 0.5) is 0 Å². The van der Waals surface area contributed by atoms with Crippen molar-refractivity contribution in [2.45, 2.75) is 6.92 Å². The van der Waals surface area contributed by atoms with E-state index in [2.05, 4.69) is 4.98 Å². The van der Waals surface area contributed by atoms with Crippen LogP contribution in [-0.2, 0) is 0 Å². The molecule has 2 N–H and O–H groups in total. The average molecular weight is 125 g/mol. The highest BCUT2D eigenvalue weighted by atomic mass is 16.5. The van der Waals surface area contributed by atoms with E-state index in [4.69, 9.17) is 10.6 Å². The Morgan fingerprint density at radius 2 is 2.44 bits per heavy atom. The predicted octanol–water partition coefficient (Wildman–Crippen LogP) is -0.0917. The molecule has 0 bridgehead atoms. The maximum Gasteiger partial charge on any atom is 0.164 e. The van der Waals surface area contributed by atoms with Gasteiger partial charge in [-0.3, -0.25) is 5.41 Å². The Balaban J connectivity index is 3.43. The molecular formula is C5H7N3O. The van der Waals surface area contributed by atoms with Gasteiger partial charge in [0.2, 0.25) is 0 Å². The molecule has 0 spiro atoms. The lowest BCUT2D eigenvalue weighted by Gasteiger charge is -1.97. The van der Waals surface area contributed by atoms with Crippen LogP contribution < -0.4 is 5.49 Å². The summed E-state index contributed by atoms with van der Waals surface area (Å²) in [6.07, 6.45) is 1.48. The summed E-state index contributed by atoms with van der Waals surface area (Å²) < 4.78 is 0.722. The highest BCUT2D eigenvalue weighted by Crippen LogP contribution is 1.79. The van der Waals surface area contributed by atoms with Gasteiger partial charge in [0.15, 0.2) is 5.49 Å². The van der Waals surface area contributed by atoms with E-state index >= 15 is 0 Å². The number of nitrogens with zero attached hydrogens (tertiary/aromatic N) is 2. The largest absolute Gasteiger partial charge is 0.425 e. The minimum Gasteiger partial charge on any atom is -0.425 e. The molecule has 0 aliphatic carbocycles. The molecule has 4 nitrogen and oxygen atoms in total. The summed E-state index contributed by atoms with van der Waals surface area (Å²) in [5, 5.41) is 15.9. The van der Waals surface area contributed by atoms with Crippen LogP contribution in [0.5, 0.6) is 0 Å². The van der Waals surface area contributed by atoms with E-state index in [0.717, 1.165) is 4.73 Å². The fourth-order valence-electron chi connectivity index (χ4n) is 0.515. The Morgan fingerprint density at radius 3 is 2.89 bits per heavy atom. The van der Waals surface area contributed by atoms with Gasteiger partial charge >= 0.3 is 0 Å². The number of nitrogens with one attached hydrogen (secondary N) is 1. The Kier molecular flexibility index (Phi) is 1.22. The van der Waals surface area contributed by atoms with Gasteiger partial charge in [0.05, 0.1) is 0 Å². The Labute approximate surface area is 51.9 Å². The first-order chi connectivity index (χ1) is 4.22. The van der Waals surface area contributed by atoms with Crippen molar-refractivity contribution >= 4 is 0 Å². The third-order valence-corrected chi connectivity index (χ3v) is 1.03. The van der Waals surface area contributed by atoms with E-state index in [1.807, 2.05) is 0 Å². The zero-order chi connectivity index (χ0) is 6.85. The van der Waals surface area contributed by atoms with Crippen molar-refractivity contribution in [2.24, 2.45) is 0 Å². The second kappa shape index (κ2) is 1.89. The Hall–Kier alpha value is -1.32. The molecule has 1 heterocycles. The number of rotatable bonds is 0. The van der Waals surface area contributed by atoms with Crippen LogP contribution in [0.15, 0.2) is 12.3 Å².